The van der Waals surface area contributed by atoms with Crippen molar-refractivity contribution in [1.82, 2.24) is 5.01 Å². The molecule has 2 aromatic rings. The van der Waals surface area contributed by atoms with E-state index in [1.54, 1.807) is 61.5 Å². The lowest BCUT2D eigenvalue weighted by Gasteiger charge is -2.32. The quantitative estimate of drug-likeness (QED) is 0.893. The topological polar surface area (TPSA) is 56.1 Å². The molecule has 1 unspecified atom stereocenters. The molecule has 1 amide bonds. The molecular formula is C19H18F3N3O2. The molecule has 0 aliphatic carbocycles. The van der Waals surface area contributed by atoms with Crippen LogP contribution in [0, 0.1) is 0 Å². The number of benzene rings is 2. The molecule has 0 aromatic heterocycles. The molecular weight excluding hydrogens is 359 g/mol. The molecule has 0 bridgehead atoms. The second kappa shape index (κ2) is 6.70. The van der Waals surface area contributed by atoms with Crippen LogP contribution in [0.5, 0.6) is 0 Å². The first-order chi connectivity index (χ1) is 12.6. The Labute approximate surface area is 154 Å². The highest BCUT2D eigenvalue weighted by Crippen LogP contribution is 2.42. The average Bonchev–Trinajstić information content (AvgIpc) is 3.01. The van der Waals surface area contributed by atoms with E-state index in [1.165, 1.54) is 12.1 Å². The zero-order valence-corrected chi connectivity index (χ0v) is 14.7. The summed E-state index contributed by atoms with van der Waals surface area (Å²) in [6.45, 7) is 0. The van der Waals surface area contributed by atoms with Gasteiger partial charge in [-0.15, -0.1) is 0 Å². The molecule has 3 rings (SSSR count). The molecule has 2 aromatic carbocycles. The van der Waals surface area contributed by atoms with Crippen LogP contribution in [0.15, 0.2) is 59.7 Å². The Hall–Kier alpha value is -2.87. The summed E-state index contributed by atoms with van der Waals surface area (Å²) in [5, 5.41) is 14.3. The van der Waals surface area contributed by atoms with Gasteiger partial charge in [0.2, 0.25) is 0 Å². The Morgan fingerprint density at radius 1 is 1.11 bits per heavy atom. The second-order valence-corrected chi connectivity index (χ2v) is 6.46. The molecule has 27 heavy (non-hydrogen) atoms. The lowest BCUT2D eigenvalue weighted by Crippen LogP contribution is -2.56. The van der Waals surface area contributed by atoms with E-state index in [4.69, 9.17) is 0 Å². The summed E-state index contributed by atoms with van der Waals surface area (Å²) >= 11 is 0. The Kier molecular flexibility index (Phi) is 4.69. The molecule has 0 spiro atoms. The first kappa shape index (κ1) is 18.9. The van der Waals surface area contributed by atoms with Gasteiger partial charge in [-0.2, -0.15) is 23.3 Å². The molecule has 1 aliphatic rings. The second-order valence-electron chi connectivity index (χ2n) is 6.46. The van der Waals surface area contributed by atoms with Gasteiger partial charge in [0.05, 0.1) is 12.1 Å². The number of halogens is 3. The number of aliphatic hydroxyl groups is 1. The first-order valence-corrected chi connectivity index (χ1v) is 8.17. The van der Waals surface area contributed by atoms with Gasteiger partial charge in [0.15, 0.2) is 0 Å². The fraction of sp³-hybridized carbons (Fsp3) is 0.263. The Morgan fingerprint density at radius 3 is 2.22 bits per heavy atom. The summed E-state index contributed by atoms with van der Waals surface area (Å²) in [7, 11) is 3.60. The number of carbonyl (C=O) groups is 1. The van der Waals surface area contributed by atoms with Crippen molar-refractivity contribution in [3.63, 3.8) is 0 Å². The van der Waals surface area contributed by atoms with E-state index in [0.29, 0.717) is 5.56 Å². The lowest BCUT2D eigenvalue weighted by molar-refractivity contribution is -0.297. The van der Waals surface area contributed by atoms with Gasteiger partial charge in [-0.25, -0.2) is 0 Å². The number of hydrogen-bond donors (Lipinski definition) is 1. The van der Waals surface area contributed by atoms with Crippen molar-refractivity contribution in [3.05, 3.63) is 65.7 Å². The van der Waals surface area contributed by atoms with Crippen molar-refractivity contribution in [2.45, 2.75) is 18.3 Å². The summed E-state index contributed by atoms with van der Waals surface area (Å²) in [6, 6.07) is 14.2. The number of alkyl halides is 3. The number of hydrogen-bond acceptors (Lipinski definition) is 4. The van der Waals surface area contributed by atoms with Crippen molar-refractivity contribution >= 4 is 17.3 Å². The minimum absolute atomic E-state index is 0.00124. The third-order valence-corrected chi connectivity index (χ3v) is 4.37. The third kappa shape index (κ3) is 3.40. The zero-order chi connectivity index (χ0) is 19.8. The van der Waals surface area contributed by atoms with Gasteiger partial charge in [-0.1, -0.05) is 30.3 Å². The fourth-order valence-corrected chi connectivity index (χ4v) is 2.80. The van der Waals surface area contributed by atoms with Gasteiger partial charge >= 0.3 is 6.18 Å². The molecule has 142 valence electrons. The Bertz CT molecular complexity index is 864. The number of rotatable bonds is 3. The van der Waals surface area contributed by atoms with Gasteiger partial charge in [0, 0.05) is 25.3 Å². The Balaban J connectivity index is 2.00. The SMILES string of the molecule is CN(C)c1ccc(C(=O)N2N=C(c3ccccc3)CC2(O)C(F)(F)F)cc1. The maximum atomic E-state index is 13.6. The third-order valence-electron chi connectivity index (χ3n) is 4.37. The summed E-state index contributed by atoms with van der Waals surface area (Å²) in [5.74, 6) is -1.02. The average molecular weight is 377 g/mol. The largest absolute Gasteiger partial charge is 0.438 e. The monoisotopic (exact) mass is 377 g/mol. The Morgan fingerprint density at radius 2 is 1.70 bits per heavy atom. The van der Waals surface area contributed by atoms with Crippen molar-refractivity contribution in [2.75, 3.05) is 19.0 Å². The number of carbonyl (C=O) groups excluding carboxylic acids is 1. The van der Waals surface area contributed by atoms with E-state index < -0.39 is 24.2 Å². The van der Waals surface area contributed by atoms with Crippen LogP contribution in [0.2, 0.25) is 0 Å². The minimum atomic E-state index is -5.06. The maximum absolute atomic E-state index is 13.6. The first-order valence-electron chi connectivity index (χ1n) is 8.17. The van der Waals surface area contributed by atoms with Crippen molar-refractivity contribution in [3.8, 4) is 0 Å². The van der Waals surface area contributed by atoms with E-state index in [0.717, 1.165) is 5.69 Å². The molecule has 1 N–H and O–H groups in total. The van der Waals surface area contributed by atoms with Gasteiger partial charge in [-0.05, 0) is 29.8 Å². The van der Waals surface area contributed by atoms with Crippen LogP contribution in [0.3, 0.4) is 0 Å². The van der Waals surface area contributed by atoms with Crippen LogP contribution in [0.4, 0.5) is 18.9 Å². The van der Waals surface area contributed by atoms with Gasteiger partial charge < -0.3 is 10.0 Å². The lowest BCUT2D eigenvalue weighted by atomic mass is 10.0. The van der Waals surface area contributed by atoms with E-state index in [2.05, 4.69) is 5.10 Å². The highest BCUT2D eigenvalue weighted by molar-refractivity contribution is 6.05. The molecule has 0 fully saturated rings. The van der Waals surface area contributed by atoms with Crippen molar-refractivity contribution in [2.24, 2.45) is 5.10 Å². The summed E-state index contributed by atoms with van der Waals surface area (Å²) in [6.07, 6.45) is -5.89. The standard InChI is InChI=1S/C19H18F3N3O2/c1-24(2)15-10-8-14(9-11-15)17(26)25-18(27,19(20,21)22)12-16(23-25)13-6-4-3-5-7-13/h3-11,27H,12H2,1-2H3. The molecule has 1 atom stereocenters. The van der Waals surface area contributed by atoms with E-state index in [9.17, 15) is 23.1 Å². The number of anilines is 1. The zero-order valence-electron chi connectivity index (χ0n) is 14.7. The number of amides is 1. The molecule has 8 heteroatoms. The van der Waals surface area contributed by atoms with E-state index in [1.807, 2.05) is 0 Å². The van der Waals surface area contributed by atoms with Crippen LogP contribution in [-0.2, 0) is 0 Å². The van der Waals surface area contributed by atoms with Gasteiger partial charge in [0.1, 0.15) is 0 Å². The van der Waals surface area contributed by atoms with Crippen molar-refractivity contribution < 1.29 is 23.1 Å². The summed E-state index contributed by atoms with van der Waals surface area (Å²) in [4.78, 5) is 14.5. The van der Waals surface area contributed by atoms with E-state index in [-0.39, 0.29) is 16.3 Å². The highest BCUT2D eigenvalue weighted by Gasteiger charge is 2.63. The molecule has 0 saturated carbocycles. The normalized spacial score (nSPS) is 19.8. The van der Waals surface area contributed by atoms with Crippen LogP contribution < -0.4 is 4.90 Å². The van der Waals surface area contributed by atoms with Crippen LogP contribution in [0.1, 0.15) is 22.3 Å². The van der Waals surface area contributed by atoms with Gasteiger partial charge in [-0.3, -0.25) is 4.79 Å². The smallest absolute Gasteiger partial charge is 0.378 e. The maximum Gasteiger partial charge on any atom is 0.438 e. The van der Waals surface area contributed by atoms with Crippen LogP contribution in [0.25, 0.3) is 0 Å². The fourth-order valence-electron chi connectivity index (χ4n) is 2.80. The number of nitrogens with zero attached hydrogens (tertiary/aromatic N) is 3. The van der Waals surface area contributed by atoms with Crippen LogP contribution >= 0.6 is 0 Å². The predicted molar refractivity (Wildman–Crippen MR) is 95.5 cm³/mol. The van der Waals surface area contributed by atoms with Gasteiger partial charge in [0.25, 0.3) is 11.6 Å². The summed E-state index contributed by atoms with van der Waals surface area (Å²) in [5.41, 5.74) is -2.20. The minimum Gasteiger partial charge on any atom is -0.378 e. The highest BCUT2D eigenvalue weighted by atomic mass is 19.4. The molecule has 0 saturated heterocycles. The summed E-state index contributed by atoms with van der Waals surface area (Å²) < 4.78 is 40.8. The predicted octanol–water partition coefficient (Wildman–Crippen LogP) is 3.25. The molecule has 1 aliphatic heterocycles. The molecule has 5 nitrogen and oxygen atoms in total. The molecule has 1 heterocycles. The number of hydrazone groups is 1. The van der Waals surface area contributed by atoms with Crippen LogP contribution in [-0.4, -0.2) is 47.7 Å². The van der Waals surface area contributed by atoms with Crippen molar-refractivity contribution in [1.29, 1.82) is 0 Å². The van der Waals surface area contributed by atoms with E-state index >= 15 is 0 Å². The molecule has 0 radical (unpaired) electrons.